The first kappa shape index (κ1) is 27.6. The summed E-state index contributed by atoms with van der Waals surface area (Å²) < 4.78 is 0. The molecule has 0 aromatic heterocycles. The SMILES string of the molecule is CC(C)(C)c1ccc(C(=O)N[C@@H](CCCCNC2CC2c2ccccc2)C(=O)NCc2ccccc2)cc1. The van der Waals surface area contributed by atoms with E-state index >= 15 is 0 Å². The zero-order valence-electron chi connectivity index (χ0n) is 22.9. The van der Waals surface area contributed by atoms with Crippen LogP contribution in [0.2, 0.25) is 0 Å². The summed E-state index contributed by atoms with van der Waals surface area (Å²) in [6.45, 7) is 7.80. The van der Waals surface area contributed by atoms with Crippen molar-refractivity contribution in [2.45, 2.75) is 76.4 Å². The predicted octanol–water partition coefficient (Wildman–Crippen LogP) is 5.71. The van der Waals surface area contributed by atoms with Crippen molar-refractivity contribution in [3.63, 3.8) is 0 Å². The number of unbranched alkanes of at least 4 members (excludes halogenated alkanes) is 1. The largest absolute Gasteiger partial charge is 0.350 e. The molecule has 0 saturated heterocycles. The van der Waals surface area contributed by atoms with Gasteiger partial charge in [0.2, 0.25) is 5.91 Å². The van der Waals surface area contributed by atoms with Gasteiger partial charge in [0.05, 0.1) is 0 Å². The van der Waals surface area contributed by atoms with Crippen LogP contribution in [-0.4, -0.2) is 30.4 Å². The second kappa shape index (κ2) is 12.9. The summed E-state index contributed by atoms with van der Waals surface area (Å²) in [5.41, 5.74) is 4.19. The van der Waals surface area contributed by atoms with Gasteiger partial charge < -0.3 is 16.0 Å². The van der Waals surface area contributed by atoms with Gasteiger partial charge in [0.1, 0.15) is 6.04 Å². The Morgan fingerprint density at radius 1 is 0.868 bits per heavy atom. The number of amides is 2. The van der Waals surface area contributed by atoms with E-state index in [9.17, 15) is 9.59 Å². The summed E-state index contributed by atoms with van der Waals surface area (Å²) in [5.74, 6) is 0.247. The highest BCUT2D eigenvalue weighted by atomic mass is 16.2. The van der Waals surface area contributed by atoms with Crippen molar-refractivity contribution < 1.29 is 9.59 Å². The molecule has 3 N–H and O–H groups in total. The molecule has 0 aliphatic heterocycles. The molecule has 1 aliphatic rings. The second-order valence-corrected chi connectivity index (χ2v) is 11.4. The van der Waals surface area contributed by atoms with Gasteiger partial charge in [-0.05, 0) is 66.5 Å². The molecule has 200 valence electrons. The lowest BCUT2D eigenvalue weighted by Crippen LogP contribution is -2.46. The van der Waals surface area contributed by atoms with E-state index in [1.165, 1.54) is 17.5 Å². The second-order valence-electron chi connectivity index (χ2n) is 11.4. The molecule has 5 nitrogen and oxygen atoms in total. The normalized spacial score (nSPS) is 17.4. The van der Waals surface area contributed by atoms with Crippen molar-refractivity contribution in [2.24, 2.45) is 0 Å². The Labute approximate surface area is 227 Å². The molecule has 2 unspecified atom stereocenters. The first-order valence-corrected chi connectivity index (χ1v) is 13.8. The molecule has 1 fully saturated rings. The van der Waals surface area contributed by atoms with Crippen molar-refractivity contribution in [3.8, 4) is 0 Å². The molecule has 1 aliphatic carbocycles. The third-order valence-corrected chi connectivity index (χ3v) is 7.29. The summed E-state index contributed by atoms with van der Waals surface area (Å²) in [6.07, 6.45) is 3.58. The summed E-state index contributed by atoms with van der Waals surface area (Å²) in [7, 11) is 0. The molecule has 4 rings (SSSR count). The maximum atomic E-state index is 13.1. The van der Waals surface area contributed by atoms with Gasteiger partial charge in [-0.2, -0.15) is 0 Å². The zero-order chi connectivity index (χ0) is 27.0. The van der Waals surface area contributed by atoms with Crippen molar-refractivity contribution in [1.82, 2.24) is 16.0 Å². The molecule has 0 radical (unpaired) electrons. The van der Waals surface area contributed by atoms with Crippen LogP contribution in [0.15, 0.2) is 84.9 Å². The summed E-state index contributed by atoms with van der Waals surface area (Å²) in [5, 5.41) is 9.66. The highest BCUT2D eigenvalue weighted by Crippen LogP contribution is 2.40. The third-order valence-electron chi connectivity index (χ3n) is 7.29. The summed E-state index contributed by atoms with van der Waals surface area (Å²) in [4.78, 5) is 26.2. The standard InChI is InChI=1S/C33H41N3O2/c1-33(2,3)27-19-17-26(18-20-27)31(37)36-29(32(38)35-23-24-12-6-4-7-13-24)16-10-11-21-34-30-22-28(30)25-14-8-5-9-15-25/h4-9,12-15,17-20,28-30,34H,10-11,16,21-23H2,1-3H3,(H,35,38)(H,36,37)/t28?,29-,30?/m0/s1. The van der Waals surface area contributed by atoms with Gasteiger partial charge in [-0.15, -0.1) is 0 Å². The van der Waals surface area contributed by atoms with E-state index in [1.807, 2.05) is 54.6 Å². The fourth-order valence-electron chi connectivity index (χ4n) is 4.79. The van der Waals surface area contributed by atoms with Crippen molar-refractivity contribution in [3.05, 3.63) is 107 Å². The molecule has 3 aromatic carbocycles. The smallest absolute Gasteiger partial charge is 0.251 e. The molecular formula is C33H41N3O2. The topological polar surface area (TPSA) is 70.2 Å². The van der Waals surface area contributed by atoms with E-state index < -0.39 is 6.04 Å². The van der Waals surface area contributed by atoms with Crippen LogP contribution in [0.25, 0.3) is 0 Å². The lowest BCUT2D eigenvalue weighted by Gasteiger charge is -2.20. The van der Waals surface area contributed by atoms with Crippen LogP contribution in [0.1, 0.15) is 79.4 Å². The number of hydrogen-bond acceptors (Lipinski definition) is 3. The molecule has 1 saturated carbocycles. The van der Waals surface area contributed by atoms with Gasteiger partial charge in [-0.3, -0.25) is 9.59 Å². The maximum absolute atomic E-state index is 13.1. The minimum atomic E-state index is -0.577. The monoisotopic (exact) mass is 511 g/mol. The van der Waals surface area contributed by atoms with Crippen LogP contribution in [-0.2, 0) is 16.8 Å². The van der Waals surface area contributed by atoms with Gasteiger partial charge in [-0.25, -0.2) is 0 Å². The zero-order valence-corrected chi connectivity index (χ0v) is 22.9. The van der Waals surface area contributed by atoms with E-state index in [2.05, 4.69) is 67.1 Å². The Hall–Kier alpha value is -3.44. The van der Waals surface area contributed by atoms with Gasteiger partial charge in [0.15, 0.2) is 0 Å². The van der Waals surface area contributed by atoms with E-state index in [1.54, 1.807) is 0 Å². The van der Waals surface area contributed by atoms with Crippen molar-refractivity contribution >= 4 is 11.8 Å². The Bertz CT molecular complexity index is 1170. The van der Waals surface area contributed by atoms with Crippen molar-refractivity contribution in [2.75, 3.05) is 6.54 Å². The Morgan fingerprint density at radius 2 is 1.53 bits per heavy atom. The number of benzene rings is 3. The number of carbonyl (C=O) groups is 2. The van der Waals surface area contributed by atoms with E-state index in [0.717, 1.165) is 24.9 Å². The number of hydrogen-bond donors (Lipinski definition) is 3. The van der Waals surface area contributed by atoms with Crippen LogP contribution >= 0.6 is 0 Å². The molecule has 2 amide bonds. The average molecular weight is 512 g/mol. The van der Waals surface area contributed by atoms with Gasteiger partial charge in [0, 0.05) is 24.1 Å². The molecular weight excluding hydrogens is 470 g/mol. The van der Waals surface area contributed by atoms with Gasteiger partial charge in [-0.1, -0.05) is 93.6 Å². The Kier molecular flexibility index (Phi) is 9.35. The molecule has 3 aromatic rings. The quantitative estimate of drug-likeness (QED) is 0.273. The molecule has 0 bridgehead atoms. The lowest BCUT2D eigenvalue weighted by atomic mass is 9.86. The molecule has 0 spiro atoms. The van der Waals surface area contributed by atoms with Gasteiger partial charge >= 0.3 is 0 Å². The fraction of sp³-hybridized carbons (Fsp3) is 0.394. The highest BCUT2D eigenvalue weighted by Gasteiger charge is 2.37. The maximum Gasteiger partial charge on any atom is 0.251 e. The Balaban J connectivity index is 1.28. The number of rotatable bonds is 12. The molecule has 5 heteroatoms. The minimum absolute atomic E-state index is 0.0183. The lowest BCUT2D eigenvalue weighted by molar-refractivity contribution is -0.123. The average Bonchev–Trinajstić information content (AvgIpc) is 3.71. The van der Waals surface area contributed by atoms with E-state index in [-0.39, 0.29) is 17.2 Å². The molecule has 3 atom stereocenters. The highest BCUT2D eigenvalue weighted by molar-refractivity contribution is 5.97. The minimum Gasteiger partial charge on any atom is -0.350 e. The van der Waals surface area contributed by atoms with Crippen LogP contribution in [0, 0.1) is 0 Å². The summed E-state index contributed by atoms with van der Waals surface area (Å²) >= 11 is 0. The first-order chi connectivity index (χ1) is 18.3. The Morgan fingerprint density at radius 3 is 2.18 bits per heavy atom. The molecule has 38 heavy (non-hydrogen) atoms. The molecule has 0 heterocycles. The number of nitrogens with one attached hydrogen (secondary N) is 3. The fourth-order valence-corrected chi connectivity index (χ4v) is 4.79. The van der Waals surface area contributed by atoms with Gasteiger partial charge in [0.25, 0.3) is 5.91 Å². The number of carbonyl (C=O) groups excluding carboxylic acids is 2. The summed E-state index contributed by atoms with van der Waals surface area (Å²) in [6, 6.07) is 28.1. The van der Waals surface area contributed by atoms with Crippen LogP contribution in [0.5, 0.6) is 0 Å². The van der Waals surface area contributed by atoms with Crippen LogP contribution in [0.4, 0.5) is 0 Å². The van der Waals surface area contributed by atoms with E-state index in [0.29, 0.717) is 30.5 Å². The van der Waals surface area contributed by atoms with Crippen LogP contribution < -0.4 is 16.0 Å². The predicted molar refractivity (Wildman–Crippen MR) is 154 cm³/mol. The van der Waals surface area contributed by atoms with E-state index in [4.69, 9.17) is 0 Å². The first-order valence-electron chi connectivity index (χ1n) is 13.8. The van der Waals surface area contributed by atoms with Crippen molar-refractivity contribution in [1.29, 1.82) is 0 Å². The third kappa shape index (κ3) is 8.03. The van der Waals surface area contributed by atoms with Crippen LogP contribution in [0.3, 0.4) is 0 Å².